The smallest absolute Gasteiger partial charge is 0.384 e. The molecule has 1 heterocycles. The molecule has 0 radical (unpaired) electrons. The molecule has 1 rings (SSSR count). The third-order valence-corrected chi connectivity index (χ3v) is 3.23. The van der Waals surface area contributed by atoms with Crippen LogP contribution in [-0.2, 0) is 6.18 Å². The molecule has 2 N–H and O–H groups in total. The molecule has 0 saturated carbocycles. The van der Waals surface area contributed by atoms with E-state index in [2.05, 4.69) is 4.98 Å². The van der Waals surface area contributed by atoms with Gasteiger partial charge < -0.3 is 5.73 Å². The van der Waals surface area contributed by atoms with E-state index in [0.29, 0.717) is 5.03 Å². The third-order valence-electron chi connectivity index (χ3n) is 2.05. The molecule has 0 fully saturated rings. The van der Waals surface area contributed by atoms with E-state index in [9.17, 15) is 13.2 Å². The quantitative estimate of drug-likeness (QED) is 0.833. The van der Waals surface area contributed by atoms with Gasteiger partial charge in [-0.3, -0.25) is 0 Å². The van der Waals surface area contributed by atoms with Crippen LogP contribution in [0.2, 0.25) is 0 Å². The lowest BCUT2D eigenvalue weighted by molar-refractivity contribution is -0.137. The van der Waals surface area contributed by atoms with Gasteiger partial charge in [-0.05, 0) is 18.6 Å². The number of nitrogen functional groups attached to an aromatic ring is 1. The molecule has 1 unspecified atom stereocenters. The van der Waals surface area contributed by atoms with Crippen LogP contribution in [0.15, 0.2) is 17.2 Å². The highest BCUT2D eigenvalue weighted by Crippen LogP contribution is 2.33. The van der Waals surface area contributed by atoms with Crippen LogP contribution in [-0.4, -0.2) is 10.2 Å². The fourth-order valence-corrected chi connectivity index (χ4v) is 1.97. The van der Waals surface area contributed by atoms with Crippen LogP contribution >= 0.6 is 11.8 Å². The van der Waals surface area contributed by atoms with Crippen molar-refractivity contribution in [3.8, 4) is 0 Å². The summed E-state index contributed by atoms with van der Waals surface area (Å²) in [6.07, 6.45) is -3.51. The van der Waals surface area contributed by atoms with Crippen LogP contribution < -0.4 is 5.73 Å². The van der Waals surface area contributed by atoms with E-state index in [0.717, 1.165) is 18.6 Å². The molecule has 0 saturated heterocycles. The number of nitrogens with two attached hydrogens (primary N) is 1. The minimum absolute atomic E-state index is 0.0966. The predicted octanol–water partition coefficient (Wildman–Crippen LogP) is 3.57. The number of pyridine rings is 1. The summed E-state index contributed by atoms with van der Waals surface area (Å²) in [7, 11) is 0. The minimum Gasteiger partial charge on any atom is -0.384 e. The van der Waals surface area contributed by atoms with E-state index in [4.69, 9.17) is 5.73 Å². The zero-order valence-electron chi connectivity index (χ0n) is 9.01. The Morgan fingerprint density at radius 2 is 2.06 bits per heavy atom. The Morgan fingerprint density at radius 1 is 1.44 bits per heavy atom. The Morgan fingerprint density at radius 3 is 2.56 bits per heavy atom. The van der Waals surface area contributed by atoms with Gasteiger partial charge in [0.05, 0.1) is 10.6 Å². The number of hydrogen-bond donors (Lipinski definition) is 1. The number of hydrogen-bond acceptors (Lipinski definition) is 3. The summed E-state index contributed by atoms with van der Waals surface area (Å²) >= 11 is 1.30. The first-order valence-corrected chi connectivity index (χ1v) is 5.72. The lowest BCUT2D eigenvalue weighted by Gasteiger charge is -2.11. The number of rotatable bonds is 3. The minimum atomic E-state index is -4.37. The molecule has 0 aliphatic carbocycles. The largest absolute Gasteiger partial charge is 0.416 e. The molecule has 90 valence electrons. The van der Waals surface area contributed by atoms with Crippen molar-refractivity contribution in [2.45, 2.75) is 36.7 Å². The monoisotopic (exact) mass is 250 g/mol. The zero-order chi connectivity index (χ0) is 12.3. The van der Waals surface area contributed by atoms with Crippen molar-refractivity contribution >= 4 is 17.6 Å². The lowest BCUT2D eigenvalue weighted by atomic mass is 10.2. The van der Waals surface area contributed by atoms with Gasteiger partial charge in [-0.1, -0.05) is 13.8 Å². The summed E-state index contributed by atoms with van der Waals surface area (Å²) in [5.41, 5.74) is 4.60. The number of alkyl halides is 3. The highest BCUT2D eigenvalue weighted by molar-refractivity contribution is 7.99. The molecule has 1 aromatic heterocycles. The van der Waals surface area contributed by atoms with Crippen LogP contribution in [0.1, 0.15) is 25.8 Å². The summed E-state index contributed by atoms with van der Waals surface area (Å²) in [4.78, 5) is 3.88. The van der Waals surface area contributed by atoms with E-state index < -0.39 is 11.7 Å². The molecule has 16 heavy (non-hydrogen) atoms. The van der Waals surface area contributed by atoms with Gasteiger partial charge in [0.1, 0.15) is 5.82 Å². The molecular weight excluding hydrogens is 237 g/mol. The van der Waals surface area contributed by atoms with Crippen molar-refractivity contribution in [1.82, 2.24) is 4.98 Å². The summed E-state index contributed by atoms with van der Waals surface area (Å²) in [5, 5.41) is 0.539. The van der Waals surface area contributed by atoms with Gasteiger partial charge in [-0.2, -0.15) is 13.2 Å². The molecule has 0 aliphatic rings. The maximum atomic E-state index is 12.5. The van der Waals surface area contributed by atoms with Crippen LogP contribution in [0.25, 0.3) is 0 Å². The molecule has 0 aliphatic heterocycles. The van der Waals surface area contributed by atoms with Gasteiger partial charge in [0, 0.05) is 5.25 Å². The average Bonchev–Trinajstić information content (AvgIpc) is 2.15. The normalized spacial score (nSPS) is 13.8. The molecule has 1 atom stereocenters. The van der Waals surface area contributed by atoms with E-state index in [1.165, 1.54) is 11.8 Å². The molecule has 6 heteroatoms. The van der Waals surface area contributed by atoms with Gasteiger partial charge in [0.15, 0.2) is 0 Å². The Hall–Kier alpha value is -0.910. The maximum Gasteiger partial charge on any atom is 0.416 e. The van der Waals surface area contributed by atoms with Crippen LogP contribution in [0.4, 0.5) is 19.0 Å². The van der Waals surface area contributed by atoms with Gasteiger partial charge in [0.25, 0.3) is 0 Å². The van der Waals surface area contributed by atoms with Crippen molar-refractivity contribution in [1.29, 1.82) is 0 Å². The van der Waals surface area contributed by atoms with Crippen molar-refractivity contribution < 1.29 is 13.2 Å². The number of anilines is 1. The number of thioether (sulfide) groups is 1. The summed E-state index contributed by atoms with van der Waals surface area (Å²) in [5.74, 6) is -0.0966. The van der Waals surface area contributed by atoms with Crippen molar-refractivity contribution in [2.24, 2.45) is 0 Å². The number of nitrogens with zero attached hydrogens (tertiary/aromatic N) is 1. The topological polar surface area (TPSA) is 38.9 Å². The maximum absolute atomic E-state index is 12.5. The average molecular weight is 250 g/mol. The predicted molar refractivity (Wildman–Crippen MR) is 59.3 cm³/mol. The molecule has 0 bridgehead atoms. The molecule has 2 nitrogen and oxygen atoms in total. The molecule has 0 amide bonds. The molecule has 1 aromatic rings. The lowest BCUT2D eigenvalue weighted by Crippen LogP contribution is -2.07. The van der Waals surface area contributed by atoms with Crippen LogP contribution in [0.5, 0.6) is 0 Å². The Kier molecular flexibility index (Phi) is 4.07. The second-order valence-corrected chi connectivity index (χ2v) is 4.91. The zero-order valence-corrected chi connectivity index (χ0v) is 9.82. The van der Waals surface area contributed by atoms with Crippen LogP contribution in [0.3, 0.4) is 0 Å². The van der Waals surface area contributed by atoms with Crippen molar-refractivity contribution in [3.05, 3.63) is 17.7 Å². The molecule has 0 spiro atoms. The Balaban J connectivity index is 2.99. The standard InChI is InChI=1S/C10H13F3N2S/c1-3-6(2)16-9-5-7(10(11,12)13)4-8(14)15-9/h4-6H,3H2,1-2H3,(H2,14,15). The van der Waals surface area contributed by atoms with E-state index in [1.807, 2.05) is 13.8 Å². The third kappa shape index (κ3) is 3.59. The highest BCUT2D eigenvalue weighted by atomic mass is 32.2. The fraction of sp³-hybridized carbons (Fsp3) is 0.500. The Labute approximate surface area is 96.4 Å². The van der Waals surface area contributed by atoms with Gasteiger partial charge in [0.2, 0.25) is 0 Å². The van der Waals surface area contributed by atoms with Gasteiger partial charge in [-0.15, -0.1) is 11.8 Å². The fourth-order valence-electron chi connectivity index (χ4n) is 1.04. The van der Waals surface area contributed by atoms with E-state index in [-0.39, 0.29) is 11.1 Å². The molecule has 0 aromatic carbocycles. The number of aromatic nitrogens is 1. The first kappa shape index (κ1) is 13.2. The SMILES string of the molecule is CCC(C)Sc1cc(C(F)(F)F)cc(N)n1. The highest BCUT2D eigenvalue weighted by Gasteiger charge is 2.31. The summed E-state index contributed by atoms with van der Waals surface area (Å²) < 4.78 is 37.4. The van der Waals surface area contributed by atoms with Crippen molar-refractivity contribution in [2.75, 3.05) is 5.73 Å². The van der Waals surface area contributed by atoms with Gasteiger partial charge in [-0.25, -0.2) is 4.98 Å². The van der Waals surface area contributed by atoms with Crippen molar-refractivity contribution in [3.63, 3.8) is 0 Å². The summed E-state index contributed by atoms with van der Waals surface area (Å²) in [6, 6.07) is 1.88. The second-order valence-electron chi connectivity index (χ2n) is 3.45. The van der Waals surface area contributed by atoms with E-state index >= 15 is 0 Å². The first-order valence-electron chi connectivity index (χ1n) is 4.84. The second kappa shape index (κ2) is 4.95. The Bertz CT molecular complexity index is 366. The summed E-state index contributed by atoms with van der Waals surface area (Å²) in [6.45, 7) is 3.90. The first-order chi connectivity index (χ1) is 7.32. The van der Waals surface area contributed by atoms with Gasteiger partial charge >= 0.3 is 6.18 Å². The number of halogens is 3. The van der Waals surface area contributed by atoms with Crippen LogP contribution in [0, 0.1) is 0 Å². The van der Waals surface area contributed by atoms with E-state index in [1.54, 1.807) is 0 Å². The molecular formula is C10H13F3N2S.